The van der Waals surface area contributed by atoms with Crippen molar-refractivity contribution in [1.29, 1.82) is 0 Å². The number of aryl methyl sites for hydroxylation is 1. The van der Waals surface area contributed by atoms with Crippen LogP contribution in [-0.4, -0.2) is 39.9 Å². The van der Waals surface area contributed by atoms with Gasteiger partial charge in [-0.05, 0) is 45.2 Å². The molecule has 0 aromatic carbocycles. The fraction of sp³-hybridized carbons (Fsp3) is 0.533. The average Bonchev–Trinajstić information content (AvgIpc) is 2.46. The fourth-order valence-electron chi connectivity index (χ4n) is 2.56. The number of hydrogen-bond acceptors (Lipinski definition) is 4. The number of nitrogens with two attached hydrogens (primary N) is 1. The van der Waals surface area contributed by atoms with E-state index in [2.05, 4.69) is 10.3 Å². The predicted molar refractivity (Wildman–Crippen MR) is 88.4 cm³/mol. The molecule has 1 aromatic heterocycles. The van der Waals surface area contributed by atoms with Crippen LogP contribution in [0.5, 0.6) is 0 Å². The molecule has 0 radical (unpaired) electrons. The second-order valence-corrected chi connectivity index (χ2v) is 5.94. The molecule has 2 heterocycles. The largest absolute Gasteiger partial charge is 0.389 e. The first-order valence-corrected chi connectivity index (χ1v) is 7.72. The molecule has 3 N–H and O–H groups in total. The monoisotopic (exact) mass is 306 g/mol. The Morgan fingerprint density at radius 2 is 2.05 bits per heavy atom. The number of aromatic nitrogens is 1. The van der Waals surface area contributed by atoms with Crippen LogP contribution < -0.4 is 11.1 Å². The number of thiocarbonyl (C=S) groups is 1. The van der Waals surface area contributed by atoms with Crippen molar-refractivity contribution in [1.82, 2.24) is 9.88 Å². The molecule has 0 saturated carbocycles. The van der Waals surface area contributed by atoms with Crippen LogP contribution in [0.4, 0.5) is 5.82 Å². The highest BCUT2D eigenvalue weighted by Gasteiger charge is 2.22. The van der Waals surface area contributed by atoms with E-state index in [-0.39, 0.29) is 11.9 Å². The van der Waals surface area contributed by atoms with E-state index in [1.165, 1.54) is 6.42 Å². The SMILES string of the molecule is Cc1cc(C(N)=S)cc(NC(C)C(=O)N2CCCCC2)n1. The van der Waals surface area contributed by atoms with E-state index in [9.17, 15) is 4.79 Å². The van der Waals surface area contributed by atoms with Gasteiger partial charge < -0.3 is 16.0 Å². The minimum Gasteiger partial charge on any atom is -0.389 e. The zero-order valence-corrected chi connectivity index (χ0v) is 13.4. The Hall–Kier alpha value is -1.69. The summed E-state index contributed by atoms with van der Waals surface area (Å²) in [6, 6.07) is 3.32. The van der Waals surface area contributed by atoms with E-state index in [0.717, 1.165) is 37.2 Å². The molecule has 0 spiro atoms. The lowest BCUT2D eigenvalue weighted by Gasteiger charge is -2.29. The van der Waals surface area contributed by atoms with Gasteiger partial charge in [-0.1, -0.05) is 12.2 Å². The summed E-state index contributed by atoms with van der Waals surface area (Å²) in [6.45, 7) is 5.44. The van der Waals surface area contributed by atoms with Crippen molar-refractivity contribution in [3.05, 3.63) is 23.4 Å². The first-order chi connectivity index (χ1) is 9.97. The summed E-state index contributed by atoms with van der Waals surface area (Å²) in [4.78, 5) is 19.0. The number of likely N-dealkylation sites (tertiary alicyclic amines) is 1. The Kier molecular flexibility index (Phi) is 5.12. The molecule has 1 fully saturated rings. The van der Waals surface area contributed by atoms with Gasteiger partial charge in [0, 0.05) is 24.3 Å². The Morgan fingerprint density at radius 1 is 1.38 bits per heavy atom. The van der Waals surface area contributed by atoms with Gasteiger partial charge >= 0.3 is 0 Å². The van der Waals surface area contributed by atoms with E-state index in [4.69, 9.17) is 18.0 Å². The molecule has 6 heteroatoms. The van der Waals surface area contributed by atoms with Crippen LogP contribution in [-0.2, 0) is 4.79 Å². The molecule has 0 bridgehead atoms. The summed E-state index contributed by atoms with van der Waals surface area (Å²) < 4.78 is 0. The standard InChI is InChI=1S/C15H22N4OS/c1-10-8-12(14(16)21)9-13(17-10)18-11(2)15(20)19-6-4-3-5-7-19/h8-9,11H,3-7H2,1-2H3,(H2,16,21)(H,17,18). The molecular formula is C15H22N4OS. The number of carbonyl (C=O) groups excluding carboxylic acids is 1. The van der Waals surface area contributed by atoms with E-state index in [1.54, 1.807) is 6.07 Å². The fourth-order valence-corrected chi connectivity index (χ4v) is 2.67. The van der Waals surface area contributed by atoms with Gasteiger partial charge in [0.25, 0.3) is 0 Å². The zero-order chi connectivity index (χ0) is 15.4. The third-order valence-corrected chi connectivity index (χ3v) is 3.88. The lowest BCUT2D eigenvalue weighted by Crippen LogP contribution is -2.44. The van der Waals surface area contributed by atoms with Gasteiger partial charge in [-0.3, -0.25) is 4.79 Å². The van der Waals surface area contributed by atoms with E-state index >= 15 is 0 Å². The van der Waals surface area contributed by atoms with Crippen molar-refractivity contribution in [3.8, 4) is 0 Å². The van der Waals surface area contributed by atoms with Crippen molar-refractivity contribution in [2.45, 2.75) is 39.2 Å². The topological polar surface area (TPSA) is 71.2 Å². The number of hydrogen-bond donors (Lipinski definition) is 2. The van der Waals surface area contributed by atoms with Gasteiger partial charge in [0.2, 0.25) is 5.91 Å². The number of piperidine rings is 1. The molecule has 2 rings (SSSR count). The summed E-state index contributed by atoms with van der Waals surface area (Å²) in [5.74, 6) is 0.755. The second-order valence-electron chi connectivity index (χ2n) is 5.50. The predicted octanol–water partition coefficient (Wildman–Crippen LogP) is 1.84. The number of rotatable bonds is 4. The first kappa shape index (κ1) is 15.7. The Bertz CT molecular complexity index is 540. The molecule has 1 aromatic rings. The van der Waals surface area contributed by atoms with Crippen LogP contribution in [0.25, 0.3) is 0 Å². The van der Waals surface area contributed by atoms with Crippen LogP contribution >= 0.6 is 12.2 Å². The molecule has 1 amide bonds. The first-order valence-electron chi connectivity index (χ1n) is 7.31. The minimum atomic E-state index is -0.309. The highest BCUT2D eigenvalue weighted by Crippen LogP contribution is 2.14. The van der Waals surface area contributed by atoms with Crippen LogP contribution in [0.3, 0.4) is 0 Å². The van der Waals surface area contributed by atoms with Crippen molar-refractivity contribution in [3.63, 3.8) is 0 Å². The van der Waals surface area contributed by atoms with Crippen molar-refractivity contribution >= 4 is 28.9 Å². The quantitative estimate of drug-likeness (QED) is 0.831. The highest BCUT2D eigenvalue weighted by atomic mass is 32.1. The minimum absolute atomic E-state index is 0.120. The number of anilines is 1. The molecule has 1 aliphatic heterocycles. The molecule has 1 aliphatic rings. The second kappa shape index (κ2) is 6.85. The van der Waals surface area contributed by atoms with Crippen LogP contribution in [0.15, 0.2) is 12.1 Å². The van der Waals surface area contributed by atoms with Gasteiger partial charge in [0.05, 0.1) is 0 Å². The molecule has 114 valence electrons. The molecule has 1 saturated heterocycles. The molecule has 1 unspecified atom stereocenters. The molecule has 5 nitrogen and oxygen atoms in total. The van der Waals surface area contributed by atoms with Gasteiger partial charge in [0.1, 0.15) is 16.8 Å². The summed E-state index contributed by atoms with van der Waals surface area (Å²) in [5.41, 5.74) is 7.24. The van der Waals surface area contributed by atoms with E-state index < -0.39 is 0 Å². The lowest BCUT2D eigenvalue weighted by atomic mass is 10.1. The van der Waals surface area contributed by atoms with Crippen LogP contribution in [0.2, 0.25) is 0 Å². The highest BCUT2D eigenvalue weighted by molar-refractivity contribution is 7.80. The van der Waals surface area contributed by atoms with Crippen molar-refractivity contribution < 1.29 is 4.79 Å². The number of amides is 1. The Morgan fingerprint density at radius 3 is 2.67 bits per heavy atom. The number of carbonyl (C=O) groups is 1. The maximum absolute atomic E-state index is 12.4. The molecular weight excluding hydrogens is 284 g/mol. The number of nitrogens with zero attached hydrogens (tertiary/aromatic N) is 2. The Balaban J connectivity index is 2.06. The third-order valence-electron chi connectivity index (χ3n) is 3.64. The lowest BCUT2D eigenvalue weighted by molar-refractivity contribution is -0.132. The van der Waals surface area contributed by atoms with Crippen molar-refractivity contribution in [2.24, 2.45) is 5.73 Å². The summed E-state index contributed by atoms with van der Waals surface area (Å²) >= 11 is 5.00. The van der Waals surface area contributed by atoms with Gasteiger partial charge in [-0.2, -0.15) is 0 Å². The number of pyridine rings is 1. The summed E-state index contributed by atoms with van der Waals surface area (Å²) in [7, 11) is 0. The van der Waals surface area contributed by atoms with Gasteiger partial charge in [-0.25, -0.2) is 4.98 Å². The summed E-state index contributed by atoms with van der Waals surface area (Å²) in [6.07, 6.45) is 3.39. The summed E-state index contributed by atoms with van der Waals surface area (Å²) in [5, 5.41) is 3.16. The number of nitrogens with one attached hydrogen (secondary N) is 1. The van der Waals surface area contributed by atoms with Crippen LogP contribution in [0.1, 0.15) is 37.4 Å². The third kappa shape index (κ3) is 4.14. The Labute approximate surface area is 130 Å². The van der Waals surface area contributed by atoms with E-state index in [1.807, 2.05) is 24.8 Å². The maximum atomic E-state index is 12.4. The molecule has 21 heavy (non-hydrogen) atoms. The van der Waals surface area contributed by atoms with Gasteiger partial charge in [-0.15, -0.1) is 0 Å². The average molecular weight is 306 g/mol. The van der Waals surface area contributed by atoms with Crippen LogP contribution in [0, 0.1) is 6.92 Å². The van der Waals surface area contributed by atoms with Crippen molar-refractivity contribution in [2.75, 3.05) is 18.4 Å². The van der Waals surface area contributed by atoms with Gasteiger partial charge in [0.15, 0.2) is 0 Å². The smallest absolute Gasteiger partial charge is 0.244 e. The van der Waals surface area contributed by atoms with E-state index in [0.29, 0.717) is 10.8 Å². The molecule has 0 aliphatic carbocycles. The maximum Gasteiger partial charge on any atom is 0.244 e. The normalized spacial score (nSPS) is 16.4. The zero-order valence-electron chi connectivity index (χ0n) is 12.6. The molecule has 1 atom stereocenters.